The van der Waals surface area contributed by atoms with Crippen LogP contribution in [0.1, 0.15) is 36.5 Å². The number of hydrogen-bond acceptors (Lipinski definition) is 7. The van der Waals surface area contributed by atoms with E-state index in [1.807, 2.05) is 32.3 Å². The minimum Gasteiger partial charge on any atom is -0.458 e. The third-order valence-corrected chi connectivity index (χ3v) is 7.43. The Morgan fingerprint density at radius 3 is 2.73 bits per heavy atom. The molecule has 3 aromatic rings. The summed E-state index contributed by atoms with van der Waals surface area (Å²) in [6.45, 7) is 3.05. The highest BCUT2D eigenvalue weighted by molar-refractivity contribution is 6.19. The van der Waals surface area contributed by atoms with Crippen LogP contribution in [0.3, 0.4) is 0 Å². The number of nitrogens with zero attached hydrogens (tertiary/aromatic N) is 4. The molecule has 6 rings (SSSR count). The summed E-state index contributed by atoms with van der Waals surface area (Å²) in [5, 5.41) is 15.0. The number of rotatable bonds is 5. The van der Waals surface area contributed by atoms with E-state index in [9.17, 15) is 19.5 Å². The fraction of sp³-hybridized carbons (Fsp3) is 0.385. The number of fused-ring (bicyclic) bond motifs is 5. The number of carbonyl (C=O) groups excluding carboxylic acids is 2. The molecular formula is C26H28ClN5O5. The Hall–Kier alpha value is -3.47. The molecule has 0 radical (unpaired) electrons. The van der Waals surface area contributed by atoms with Gasteiger partial charge in [0.05, 0.1) is 40.4 Å². The summed E-state index contributed by atoms with van der Waals surface area (Å²) in [6, 6.07) is 7.05. The Morgan fingerprint density at radius 2 is 2.00 bits per heavy atom. The third-order valence-electron chi connectivity index (χ3n) is 7.43. The van der Waals surface area contributed by atoms with Crippen molar-refractivity contribution in [3.8, 4) is 11.4 Å². The van der Waals surface area contributed by atoms with Crippen molar-refractivity contribution < 1.29 is 19.4 Å². The highest BCUT2D eigenvalue weighted by Crippen LogP contribution is 2.46. The lowest BCUT2D eigenvalue weighted by Gasteiger charge is -2.32. The molecule has 11 heteroatoms. The fourth-order valence-electron chi connectivity index (χ4n) is 5.55. The summed E-state index contributed by atoms with van der Waals surface area (Å²) in [6.07, 6.45) is 0.847. The predicted molar refractivity (Wildman–Crippen MR) is 141 cm³/mol. The molecule has 0 unspecified atom stereocenters. The SMILES string of the molecule is CC[C@@]1(O)C(=O)OCc2c1cc1n(c2=O)Cc2c-1nc1cccc3c1c2N(CCCN(C)C)C(=O)N3.Cl. The maximum absolute atomic E-state index is 13.6. The zero-order valence-corrected chi connectivity index (χ0v) is 21.6. The number of aliphatic hydroxyl groups is 1. The van der Waals surface area contributed by atoms with Crippen molar-refractivity contribution in [3.63, 3.8) is 0 Å². The van der Waals surface area contributed by atoms with Gasteiger partial charge in [0.25, 0.3) is 5.56 Å². The molecule has 37 heavy (non-hydrogen) atoms. The van der Waals surface area contributed by atoms with Gasteiger partial charge in [-0.05, 0) is 51.7 Å². The normalized spacial score (nSPS) is 19.2. The van der Waals surface area contributed by atoms with Crippen LogP contribution in [0.4, 0.5) is 16.2 Å². The van der Waals surface area contributed by atoms with Gasteiger partial charge in [-0.15, -0.1) is 12.4 Å². The molecule has 0 aliphatic carbocycles. The van der Waals surface area contributed by atoms with Crippen molar-refractivity contribution in [3.05, 3.63) is 51.3 Å². The molecule has 0 saturated heterocycles. The molecule has 10 nitrogen and oxygen atoms in total. The molecule has 2 amide bonds. The van der Waals surface area contributed by atoms with Gasteiger partial charge in [0.15, 0.2) is 5.60 Å². The second-order valence-corrected chi connectivity index (χ2v) is 9.83. The Kier molecular flexibility index (Phi) is 6.01. The number of aromatic nitrogens is 2. The molecule has 0 bridgehead atoms. The third kappa shape index (κ3) is 3.54. The molecule has 2 aromatic heterocycles. The van der Waals surface area contributed by atoms with Crippen molar-refractivity contribution in [2.45, 2.75) is 38.5 Å². The number of urea groups is 1. The summed E-state index contributed by atoms with van der Waals surface area (Å²) in [7, 11) is 3.98. The lowest BCUT2D eigenvalue weighted by atomic mass is 9.86. The second-order valence-electron chi connectivity index (χ2n) is 9.83. The molecular weight excluding hydrogens is 498 g/mol. The number of halogens is 1. The first kappa shape index (κ1) is 25.2. The topological polar surface area (TPSA) is 117 Å². The van der Waals surface area contributed by atoms with Gasteiger partial charge in [-0.3, -0.25) is 9.69 Å². The van der Waals surface area contributed by atoms with E-state index in [0.29, 0.717) is 29.1 Å². The summed E-state index contributed by atoms with van der Waals surface area (Å²) >= 11 is 0. The minimum absolute atomic E-state index is 0. The van der Waals surface area contributed by atoms with Crippen molar-refractivity contribution >= 4 is 46.7 Å². The smallest absolute Gasteiger partial charge is 0.343 e. The Labute approximate surface area is 219 Å². The molecule has 2 N–H and O–H groups in total. The maximum atomic E-state index is 13.6. The van der Waals surface area contributed by atoms with Crippen LogP contribution in [0.5, 0.6) is 0 Å². The summed E-state index contributed by atoms with van der Waals surface area (Å²) in [5.41, 5.74) is 2.37. The van der Waals surface area contributed by atoms with Crippen molar-refractivity contribution in [1.82, 2.24) is 14.5 Å². The molecule has 0 saturated carbocycles. The molecule has 1 atom stereocenters. The Bertz CT molecular complexity index is 1530. The standard InChI is InChI=1S/C26H27N5O5.ClH/c1-4-26(35)16-11-19-21-14(12-31(19)23(32)15(16)13-36-24(26)33)22-20-17(27-21)7-5-8-18(20)28-25(34)30(22)10-6-9-29(2)3;/h5,7-8,11,35H,4,6,9-10,12-13H2,1-3H3,(H,28,34);1H/t26-;/m0./s1. The van der Waals surface area contributed by atoms with E-state index in [2.05, 4.69) is 10.2 Å². The number of esters is 1. The molecule has 1 aromatic carbocycles. The van der Waals surface area contributed by atoms with Crippen LogP contribution in [0.15, 0.2) is 29.1 Å². The minimum atomic E-state index is -1.89. The van der Waals surface area contributed by atoms with E-state index >= 15 is 0 Å². The number of anilines is 2. The lowest BCUT2D eigenvalue weighted by Crippen LogP contribution is -2.44. The summed E-state index contributed by atoms with van der Waals surface area (Å²) in [4.78, 5) is 48.0. The van der Waals surface area contributed by atoms with E-state index in [-0.39, 0.29) is 54.7 Å². The number of amides is 2. The van der Waals surface area contributed by atoms with Crippen molar-refractivity contribution in [2.24, 2.45) is 0 Å². The van der Waals surface area contributed by atoms with Gasteiger partial charge in [-0.2, -0.15) is 0 Å². The highest BCUT2D eigenvalue weighted by atomic mass is 35.5. The summed E-state index contributed by atoms with van der Waals surface area (Å²) < 4.78 is 6.78. The molecule has 0 spiro atoms. The number of benzene rings is 1. The number of carbonyl (C=O) groups is 2. The van der Waals surface area contributed by atoms with Crippen molar-refractivity contribution in [1.29, 1.82) is 0 Å². The second kappa shape index (κ2) is 8.83. The number of cyclic esters (lactones) is 1. The molecule has 194 valence electrons. The first-order valence-corrected chi connectivity index (χ1v) is 12.1. The maximum Gasteiger partial charge on any atom is 0.343 e. The van der Waals surface area contributed by atoms with E-state index in [1.165, 1.54) is 0 Å². The molecule has 3 aliphatic rings. The Morgan fingerprint density at radius 1 is 1.22 bits per heavy atom. The lowest BCUT2D eigenvalue weighted by molar-refractivity contribution is -0.172. The number of pyridine rings is 2. The first-order chi connectivity index (χ1) is 17.2. The van der Waals surface area contributed by atoms with E-state index in [4.69, 9.17) is 9.72 Å². The predicted octanol–water partition coefficient (Wildman–Crippen LogP) is 2.81. The van der Waals surface area contributed by atoms with E-state index in [0.717, 1.165) is 29.6 Å². The number of ether oxygens (including phenoxy) is 1. The van der Waals surface area contributed by atoms with Gasteiger partial charge in [0, 0.05) is 23.1 Å². The average Bonchev–Trinajstić information content (AvgIpc) is 3.22. The summed E-state index contributed by atoms with van der Waals surface area (Å²) in [5.74, 6) is -0.755. The van der Waals surface area contributed by atoms with Crippen LogP contribution >= 0.6 is 12.4 Å². The van der Waals surface area contributed by atoms with Crippen molar-refractivity contribution in [2.75, 3.05) is 37.4 Å². The van der Waals surface area contributed by atoms with Gasteiger partial charge >= 0.3 is 12.0 Å². The highest BCUT2D eigenvalue weighted by Gasteiger charge is 2.46. The quantitative estimate of drug-likeness (QED) is 0.385. The largest absolute Gasteiger partial charge is 0.458 e. The van der Waals surface area contributed by atoms with Crippen LogP contribution in [0.2, 0.25) is 0 Å². The van der Waals surface area contributed by atoms with Crippen LogP contribution in [0, 0.1) is 0 Å². The van der Waals surface area contributed by atoms with E-state index < -0.39 is 11.6 Å². The van der Waals surface area contributed by atoms with Gasteiger partial charge in [-0.25, -0.2) is 14.6 Å². The first-order valence-electron chi connectivity index (χ1n) is 12.1. The van der Waals surface area contributed by atoms with Gasteiger partial charge in [-0.1, -0.05) is 13.0 Å². The van der Waals surface area contributed by atoms with Gasteiger partial charge < -0.3 is 24.6 Å². The van der Waals surface area contributed by atoms with Gasteiger partial charge in [0.2, 0.25) is 0 Å². The van der Waals surface area contributed by atoms with Crippen LogP contribution < -0.4 is 15.8 Å². The van der Waals surface area contributed by atoms with E-state index in [1.54, 1.807) is 22.5 Å². The van der Waals surface area contributed by atoms with Gasteiger partial charge in [0.1, 0.15) is 6.61 Å². The number of nitrogens with one attached hydrogen (secondary N) is 1. The zero-order valence-electron chi connectivity index (χ0n) is 20.8. The monoisotopic (exact) mass is 525 g/mol. The van der Waals surface area contributed by atoms with Crippen LogP contribution in [-0.4, -0.2) is 58.7 Å². The average molecular weight is 526 g/mol. The molecule has 3 aliphatic heterocycles. The zero-order chi connectivity index (χ0) is 25.4. The number of hydrogen-bond donors (Lipinski definition) is 2. The fourth-order valence-corrected chi connectivity index (χ4v) is 5.55. The van der Waals surface area contributed by atoms with Crippen LogP contribution in [0.25, 0.3) is 22.3 Å². The molecule has 5 heterocycles. The molecule has 0 fully saturated rings. The Balaban J connectivity index is 0.00000280. The van der Waals surface area contributed by atoms with Crippen LogP contribution in [-0.2, 0) is 28.3 Å².